The van der Waals surface area contributed by atoms with Crippen molar-refractivity contribution in [1.29, 1.82) is 0 Å². The molecule has 388 valence electrons. The summed E-state index contributed by atoms with van der Waals surface area (Å²) >= 11 is 0. The number of pyridine rings is 4. The number of hydrogen-bond acceptors (Lipinski definition) is 1. The topological polar surface area (TPSA) is 18.8 Å². The van der Waals surface area contributed by atoms with E-state index in [4.69, 9.17) is 0 Å². The molecule has 1 fully saturated rings. The second-order valence-corrected chi connectivity index (χ2v) is 26.5. The molecule has 1 saturated carbocycles. The maximum absolute atomic E-state index is 2.77. The van der Waals surface area contributed by atoms with Crippen molar-refractivity contribution in [2.45, 2.75) is 81.8 Å². The number of rotatable bonds is 2. The van der Waals surface area contributed by atoms with Crippen LogP contribution in [0.5, 0.6) is 0 Å². The van der Waals surface area contributed by atoms with Crippen LogP contribution in [0.25, 0.3) is 78.6 Å². The van der Waals surface area contributed by atoms with Gasteiger partial charge in [0.25, 0.3) is 5.82 Å². The highest BCUT2D eigenvalue weighted by atomic mass is 15.4. The van der Waals surface area contributed by atoms with Crippen LogP contribution >= 0.6 is 0 Å². The highest BCUT2D eigenvalue weighted by Crippen LogP contribution is 2.74. The molecule has 4 unspecified atom stereocenters. The first kappa shape index (κ1) is 45.4. The van der Waals surface area contributed by atoms with Gasteiger partial charge in [0.1, 0.15) is 23.0 Å². The van der Waals surface area contributed by atoms with Crippen molar-refractivity contribution >= 4 is 28.5 Å². The summed E-state index contributed by atoms with van der Waals surface area (Å²) in [5, 5.41) is 0. The van der Waals surface area contributed by atoms with E-state index in [1.54, 1.807) is 0 Å². The average Bonchev–Trinajstić information content (AvgIpc) is 1.49. The SMILES string of the molecule is CC(C)(C)c1cc(N2c3cccc4c3C3C([n+]5cc(-c6ccc7c(c6)-c6ccccc6C76c7cccc8c7C(=C7c9c(cccc96)-c6cccc[n+]67)C[n+]6ccccc6-8)ccc5-4)C34c3ccccc3-c3cccc2[n+]34)cc(C(C)(C)C)c1. The largest absolute Gasteiger partial charge is 0.288 e. The predicted octanol–water partition coefficient (Wildman–Crippen LogP) is 15.4. The van der Waals surface area contributed by atoms with Crippen molar-refractivity contribution in [2.75, 3.05) is 4.90 Å². The number of nitrogens with zero attached hydrogens (tertiary/aromatic N) is 5. The quantitative estimate of drug-likeness (QED) is 0.158. The Kier molecular flexibility index (Phi) is 8.29. The van der Waals surface area contributed by atoms with E-state index in [9.17, 15) is 0 Å². The van der Waals surface area contributed by atoms with Gasteiger partial charge in [-0.3, -0.25) is 0 Å². The Labute approximate surface area is 478 Å². The molecule has 5 nitrogen and oxygen atoms in total. The Morgan fingerprint density at radius 3 is 1.89 bits per heavy atom. The minimum atomic E-state index is -0.588. The van der Waals surface area contributed by atoms with E-state index >= 15 is 0 Å². The second kappa shape index (κ2) is 15.0. The maximum atomic E-state index is 2.77. The lowest BCUT2D eigenvalue weighted by Gasteiger charge is -2.36. The number of allylic oxidation sites excluding steroid dienone is 1. The molecule has 2 spiro atoms. The monoisotopic (exact) mass is 1050 g/mol. The molecule has 4 aromatic heterocycles. The van der Waals surface area contributed by atoms with Crippen LogP contribution in [0.1, 0.15) is 109 Å². The van der Waals surface area contributed by atoms with Crippen LogP contribution in [0.4, 0.5) is 17.2 Å². The molecule has 0 amide bonds. The molecule has 0 N–H and O–H groups in total. The third-order valence-electron chi connectivity index (χ3n) is 20.5. The molecule has 4 atom stereocenters. The van der Waals surface area contributed by atoms with E-state index in [1.807, 2.05) is 0 Å². The Morgan fingerprint density at radius 1 is 0.463 bits per heavy atom. The Morgan fingerprint density at radius 2 is 1.09 bits per heavy atom. The summed E-state index contributed by atoms with van der Waals surface area (Å²) < 4.78 is 10.4. The standard InChI is InChI=1S/C77H59N5/c1-74(2,3)47-40-48(75(4,5)6)42-49(41-47)81-66-31-17-23-54-64-36-34-46(43-80(64)73-71(70(54)66)77(73)59-25-10-8-20-51(59)65-30-18-32-67(81)82(65)77)45-33-35-58-55(39-45)50-19-7-9-24-57(50)76(58)60-26-15-21-52-62-28-11-13-37-78(62)44-56(68(52)60)72-69-53(22-16-27-61(69)76)63-29-12-14-38-79(63)72/h7-43,71,73H,44H2,1-6H3/q+4. The van der Waals surface area contributed by atoms with Gasteiger partial charge < -0.3 is 0 Å². The van der Waals surface area contributed by atoms with Gasteiger partial charge in [0, 0.05) is 64.2 Å². The zero-order chi connectivity index (χ0) is 54.5. The highest BCUT2D eigenvalue weighted by molar-refractivity contribution is 6.04. The smallest absolute Gasteiger partial charge is 0.209 e. The van der Waals surface area contributed by atoms with Crippen molar-refractivity contribution in [3.05, 3.63) is 280 Å². The lowest BCUT2D eigenvalue weighted by atomic mass is 9.64. The van der Waals surface area contributed by atoms with Gasteiger partial charge in [0.05, 0.1) is 33.2 Å². The van der Waals surface area contributed by atoms with E-state index in [0.717, 1.165) is 6.54 Å². The Balaban J connectivity index is 0.835. The van der Waals surface area contributed by atoms with Gasteiger partial charge >= 0.3 is 0 Å². The molecule has 5 heteroatoms. The summed E-state index contributed by atoms with van der Waals surface area (Å²) in [6.07, 6.45) is 7.07. The fourth-order valence-electron chi connectivity index (χ4n) is 17.1. The van der Waals surface area contributed by atoms with Crippen molar-refractivity contribution in [2.24, 2.45) is 0 Å². The van der Waals surface area contributed by atoms with E-state index in [0.29, 0.717) is 0 Å². The zero-order valence-electron chi connectivity index (χ0n) is 47.0. The van der Waals surface area contributed by atoms with Gasteiger partial charge in [-0.25, -0.2) is 4.57 Å². The first-order valence-electron chi connectivity index (χ1n) is 29.5. The molecule has 3 aliphatic carbocycles. The summed E-state index contributed by atoms with van der Waals surface area (Å²) in [5.74, 6) is 1.43. The van der Waals surface area contributed by atoms with Crippen LogP contribution in [0, 0.1) is 0 Å². The molecule has 9 heterocycles. The van der Waals surface area contributed by atoms with Crippen molar-refractivity contribution in [3.63, 3.8) is 0 Å². The second-order valence-electron chi connectivity index (χ2n) is 26.5. The van der Waals surface area contributed by atoms with Gasteiger partial charge in [-0.15, -0.1) is 0 Å². The van der Waals surface area contributed by atoms with Crippen LogP contribution < -0.4 is 23.2 Å². The van der Waals surface area contributed by atoms with Crippen molar-refractivity contribution < 1.29 is 18.3 Å². The molecule has 5 aliphatic heterocycles. The van der Waals surface area contributed by atoms with E-state index in [1.165, 1.54) is 151 Å². The number of aromatic nitrogens is 4. The minimum Gasteiger partial charge on any atom is -0.209 e. The van der Waals surface area contributed by atoms with Crippen molar-refractivity contribution in [1.82, 2.24) is 0 Å². The first-order chi connectivity index (χ1) is 40.0. The minimum absolute atomic E-state index is 0.0329. The van der Waals surface area contributed by atoms with E-state index in [-0.39, 0.29) is 28.3 Å². The third-order valence-corrected chi connectivity index (χ3v) is 20.5. The highest BCUT2D eigenvalue weighted by Gasteiger charge is 2.85. The molecular weight excluding hydrogens is 995 g/mol. The number of hydrogen-bond donors (Lipinski definition) is 0. The summed E-state index contributed by atoms with van der Waals surface area (Å²) in [6, 6.07) is 80.4. The Hall–Kier alpha value is -9.32. The summed E-state index contributed by atoms with van der Waals surface area (Å²) in [6.45, 7) is 14.9. The predicted molar refractivity (Wildman–Crippen MR) is 325 cm³/mol. The number of anilines is 3. The fraction of sp³-hybridized carbons (Fsp3) is 0.169. The lowest BCUT2D eigenvalue weighted by Crippen LogP contribution is -2.53. The van der Waals surface area contributed by atoms with Crippen LogP contribution in [0.2, 0.25) is 0 Å². The zero-order valence-corrected chi connectivity index (χ0v) is 47.0. The molecule has 8 aliphatic rings. The van der Waals surface area contributed by atoms with Gasteiger partial charge in [-0.05, 0) is 134 Å². The average molecular weight is 1050 g/mol. The molecule has 0 bridgehead atoms. The van der Waals surface area contributed by atoms with Crippen LogP contribution in [0.3, 0.4) is 0 Å². The van der Waals surface area contributed by atoms with Crippen LogP contribution in [-0.2, 0) is 28.3 Å². The molecule has 19 rings (SSSR count). The summed E-state index contributed by atoms with van der Waals surface area (Å²) in [7, 11) is 0. The van der Waals surface area contributed by atoms with Gasteiger partial charge in [0.2, 0.25) is 34.4 Å². The normalized spacial score (nSPS) is 20.3. The van der Waals surface area contributed by atoms with E-state index < -0.39 is 5.41 Å². The molecule has 82 heavy (non-hydrogen) atoms. The number of benzene rings is 7. The van der Waals surface area contributed by atoms with Crippen molar-refractivity contribution in [3.8, 4) is 67.3 Å². The van der Waals surface area contributed by atoms with Crippen LogP contribution in [-0.4, -0.2) is 0 Å². The fourth-order valence-corrected chi connectivity index (χ4v) is 17.1. The van der Waals surface area contributed by atoms with Crippen LogP contribution in [0.15, 0.2) is 225 Å². The molecular formula is C77H59N5+4. The number of fused-ring (bicyclic) bond motifs is 17. The van der Waals surface area contributed by atoms with E-state index in [2.05, 4.69) is 290 Å². The van der Waals surface area contributed by atoms with Gasteiger partial charge in [-0.1, -0.05) is 139 Å². The van der Waals surface area contributed by atoms with Gasteiger partial charge in [0.15, 0.2) is 25.1 Å². The molecule has 7 aromatic carbocycles. The molecule has 0 saturated heterocycles. The van der Waals surface area contributed by atoms with Gasteiger partial charge in [-0.2, -0.15) is 18.6 Å². The third kappa shape index (κ3) is 5.29. The molecule has 0 radical (unpaired) electrons. The Bertz CT molecular complexity index is 4820. The maximum Gasteiger partial charge on any atom is 0.288 e. The lowest BCUT2D eigenvalue weighted by molar-refractivity contribution is -0.765. The summed E-state index contributed by atoms with van der Waals surface area (Å²) in [4.78, 5) is 2.62. The summed E-state index contributed by atoms with van der Waals surface area (Å²) in [5.41, 5.74) is 33.3. The molecule has 11 aromatic rings. The first-order valence-corrected chi connectivity index (χ1v) is 29.5.